The first-order valence-electron chi connectivity index (χ1n) is 7.47. The number of anilines is 1. The van der Waals surface area contributed by atoms with Gasteiger partial charge in [-0.1, -0.05) is 12.1 Å². The molecule has 2 N–H and O–H groups in total. The quantitative estimate of drug-likeness (QED) is 0.794. The highest BCUT2D eigenvalue weighted by atomic mass is 16.5. The van der Waals surface area contributed by atoms with Gasteiger partial charge < -0.3 is 10.5 Å². The van der Waals surface area contributed by atoms with Crippen LogP contribution in [0.2, 0.25) is 0 Å². The summed E-state index contributed by atoms with van der Waals surface area (Å²) in [5.74, 6) is 1.01. The number of ether oxygens (including phenoxy) is 1. The molecule has 6 nitrogen and oxygen atoms in total. The maximum absolute atomic E-state index is 11.8. The molecule has 0 saturated carbocycles. The molecule has 2 heterocycles. The topological polar surface area (TPSA) is 83.0 Å². The van der Waals surface area contributed by atoms with Gasteiger partial charge in [-0.15, -0.1) is 0 Å². The summed E-state index contributed by atoms with van der Waals surface area (Å²) in [7, 11) is 3.24. The van der Waals surface area contributed by atoms with Crippen molar-refractivity contribution in [2.45, 2.75) is 6.42 Å². The second kappa shape index (κ2) is 6.54. The van der Waals surface area contributed by atoms with Gasteiger partial charge in [0.15, 0.2) is 0 Å². The molecule has 2 aromatic heterocycles. The lowest BCUT2D eigenvalue weighted by molar-refractivity contribution is 0.415. The third-order valence-corrected chi connectivity index (χ3v) is 3.83. The van der Waals surface area contributed by atoms with Gasteiger partial charge in [0.1, 0.15) is 5.75 Å². The zero-order valence-electron chi connectivity index (χ0n) is 13.6. The predicted octanol–water partition coefficient (Wildman–Crippen LogP) is 2.02. The summed E-state index contributed by atoms with van der Waals surface area (Å²) in [5.41, 5.74) is 9.20. The van der Waals surface area contributed by atoms with Crippen LogP contribution < -0.4 is 16.0 Å². The fourth-order valence-electron chi connectivity index (χ4n) is 2.43. The molecule has 0 atom stereocenters. The molecular formula is C18H18N4O2. The average molecular weight is 322 g/mol. The Morgan fingerprint density at radius 2 is 1.88 bits per heavy atom. The minimum Gasteiger partial charge on any atom is -0.497 e. The van der Waals surface area contributed by atoms with Crippen molar-refractivity contribution in [3.8, 4) is 16.9 Å². The summed E-state index contributed by atoms with van der Waals surface area (Å²) in [4.78, 5) is 20.4. The summed E-state index contributed by atoms with van der Waals surface area (Å²) < 4.78 is 6.49. The lowest BCUT2D eigenvalue weighted by atomic mass is 10.0. The van der Waals surface area contributed by atoms with Gasteiger partial charge in [0.2, 0.25) is 5.95 Å². The van der Waals surface area contributed by atoms with E-state index in [1.165, 1.54) is 10.6 Å². The maximum atomic E-state index is 11.8. The van der Waals surface area contributed by atoms with Crippen LogP contribution in [-0.4, -0.2) is 21.6 Å². The summed E-state index contributed by atoms with van der Waals surface area (Å²) >= 11 is 0. The average Bonchev–Trinajstić information content (AvgIpc) is 2.60. The summed E-state index contributed by atoms with van der Waals surface area (Å²) in [5, 5.41) is 0. The van der Waals surface area contributed by atoms with Crippen molar-refractivity contribution >= 4 is 5.95 Å². The smallest absolute Gasteiger partial charge is 0.254 e. The zero-order chi connectivity index (χ0) is 17.1. The summed E-state index contributed by atoms with van der Waals surface area (Å²) in [6.45, 7) is 0. The monoisotopic (exact) mass is 322 g/mol. The Balaban J connectivity index is 1.89. The van der Waals surface area contributed by atoms with Crippen molar-refractivity contribution in [2.75, 3.05) is 12.8 Å². The van der Waals surface area contributed by atoms with Crippen LogP contribution in [-0.2, 0) is 13.5 Å². The van der Waals surface area contributed by atoms with Crippen molar-refractivity contribution in [2.24, 2.45) is 7.05 Å². The first-order chi connectivity index (χ1) is 11.6. The Morgan fingerprint density at radius 1 is 1.12 bits per heavy atom. The van der Waals surface area contributed by atoms with Crippen molar-refractivity contribution in [1.82, 2.24) is 14.5 Å². The van der Waals surface area contributed by atoms with E-state index in [0.717, 1.165) is 22.4 Å². The summed E-state index contributed by atoms with van der Waals surface area (Å²) in [6.07, 6.45) is 4.07. The van der Waals surface area contributed by atoms with E-state index in [0.29, 0.717) is 12.1 Å². The number of nitrogens with two attached hydrogens (primary N) is 1. The standard InChI is InChI=1S/C18H18N4O2/c1-22-17(23)9-15(21-18(22)19)8-12-7-14(11-20-10-12)13-3-5-16(24-2)6-4-13/h3-7,9-11H,8H2,1-2H3,(H2,19,21). The number of nitrogen functional groups attached to an aromatic ring is 1. The largest absolute Gasteiger partial charge is 0.497 e. The van der Waals surface area contributed by atoms with Gasteiger partial charge in [-0.25, -0.2) is 4.98 Å². The number of aromatic nitrogens is 3. The molecule has 0 fully saturated rings. The van der Waals surface area contributed by atoms with Crippen molar-refractivity contribution < 1.29 is 4.74 Å². The van der Waals surface area contributed by atoms with Gasteiger partial charge >= 0.3 is 0 Å². The van der Waals surface area contributed by atoms with Gasteiger partial charge in [-0.3, -0.25) is 14.3 Å². The number of methoxy groups -OCH3 is 1. The first kappa shape index (κ1) is 15.7. The fourth-order valence-corrected chi connectivity index (χ4v) is 2.43. The molecular weight excluding hydrogens is 304 g/mol. The van der Waals surface area contributed by atoms with Crippen LogP contribution in [0.1, 0.15) is 11.3 Å². The molecule has 0 amide bonds. The van der Waals surface area contributed by atoms with E-state index >= 15 is 0 Å². The molecule has 0 spiro atoms. The van der Waals surface area contributed by atoms with Crippen LogP contribution in [0.3, 0.4) is 0 Å². The zero-order valence-corrected chi connectivity index (χ0v) is 13.6. The van der Waals surface area contributed by atoms with Gasteiger partial charge in [-0.05, 0) is 29.3 Å². The van der Waals surface area contributed by atoms with Crippen molar-refractivity contribution in [3.63, 3.8) is 0 Å². The minimum atomic E-state index is -0.170. The number of benzene rings is 1. The normalized spacial score (nSPS) is 10.6. The van der Waals surface area contributed by atoms with Crippen molar-refractivity contribution in [1.29, 1.82) is 0 Å². The molecule has 122 valence electrons. The number of pyridine rings is 1. The van der Waals surface area contributed by atoms with Crippen LogP contribution in [0.15, 0.2) is 53.6 Å². The van der Waals surface area contributed by atoms with Crippen LogP contribution in [0.4, 0.5) is 5.95 Å². The van der Waals surface area contributed by atoms with E-state index in [-0.39, 0.29) is 11.5 Å². The summed E-state index contributed by atoms with van der Waals surface area (Å²) in [6, 6.07) is 11.3. The Morgan fingerprint density at radius 3 is 2.54 bits per heavy atom. The van der Waals surface area contributed by atoms with Gasteiger partial charge in [0.05, 0.1) is 12.8 Å². The second-order valence-corrected chi connectivity index (χ2v) is 5.49. The molecule has 0 bridgehead atoms. The van der Waals surface area contributed by atoms with Crippen LogP contribution in [0.25, 0.3) is 11.1 Å². The molecule has 6 heteroatoms. The Kier molecular flexibility index (Phi) is 4.29. The van der Waals surface area contributed by atoms with E-state index in [2.05, 4.69) is 9.97 Å². The Labute approximate surface area is 139 Å². The van der Waals surface area contributed by atoms with E-state index in [4.69, 9.17) is 10.5 Å². The van der Waals surface area contributed by atoms with Gasteiger partial charge in [-0.2, -0.15) is 0 Å². The maximum Gasteiger partial charge on any atom is 0.254 e. The van der Waals surface area contributed by atoms with Gasteiger partial charge in [0.25, 0.3) is 5.56 Å². The molecule has 0 saturated heterocycles. The number of rotatable bonds is 4. The molecule has 0 radical (unpaired) electrons. The highest BCUT2D eigenvalue weighted by molar-refractivity contribution is 5.64. The fraction of sp³-hybridized carbons (Fsp3) is 0.167. The third-order valence-electron chi connectivity index (χ3n) is 3.83. The Bertz CT molecular complexity index is 917. The molecule has 1 aromatic carbocycles. The van der Waals surface area contributed by atoms with Crippen LogP contribution in [0, 0.1) is 0 Å². The lowest BCUT2D eigenvalue weighted by Gasteiger charge is -2.07. The highest BCUT2D eigenvalue weighted by Gasteiger charge is 2.06. The number of nitrogens with zero attached hydrogens (tertiary/aromatic N) is 3. The number of hydrogen-bond donors (Lipinski definition) is 1. The lowest BCUT2D eigenvalue weighted by Crippen LogP contribution is -2.21. The molecule has 0 aliphatic rings. The molecule has 3 aromatic rings. The minimum absolute atomic E-state index is 0.170. The molecule has 3 rings (SSSR count). The van der Waals surface area contributed by atoms with E-state index < -0.39 is 0 Å². The number of hydrogen-bond acceptors (Lipinski definition) is 5. The molecule has 0 aliphatic heterocycles. The van der Waals surface area contributed by atoms with E-state index in [9.17, 15) is 4.79 Å². The second-order valence-electron chi connectivity index (χ2n) is 5.49. The van der Waals surface area contributed by atoms with Gasteiger partial charge in [0, 0.05) is 37.5 Å². The van der Waals surface area contributed by atoms with Crippen LogP contribution in [0.5, 0.6) is 5.75 Å². The van der Waals surface area contributed by atoms with Crippen LogP contribution >= 0.6 is 0 Å². The molecule has 0 aliphatic carbocycles. The SMILES string of the molecule is COc1ccc(-c2cncc(Cc3cc(=O)n(C)c(N)n3)c2)cc1. The molecule has 0 unspecified atom stereocenters. The Hall–Kier alpha value is -3.15. The first-order valence-corrected chi connectivity index (χ1v) is 7.47. The van der Waals surface area contributed by atoms with E-state index in [1.807, 2.05) is 30.3 Å². The third kappa shape index (κ3) is 3.27. The predicted molar refractivity (Wildman–Crippen MR) is 92.9 cm³/mol. The van der Waals surface area contributed by atoms with Crippen molar-refractivity contribution in [3.05, 3.63) is 70.4 Å². The highest BCUT2D eigenvalue weighted by Crippen LogP contribution is 2.23. The van der Waals surface area contributed by atoms with E-state index in [1.54, 1.807) is 26.6 Å². The molecule has 24 heavy (non-hydrogen) atoms.